The van der Waals surface area contributed by atoms with Crippen molar-refractivity contribution in [2.75, 3.05) is 11.0 Å². The summed E-state index contributed by atoms with van der Waals surface area (Å²) in [6.45, 7) is 8.55. The highest BCUT2D eigenvalue weighted by molar-refractivity contribution is 14.1. The first-order chi connectivity index (χ1) is 19.6. The second-order valence-corrected chi connectivity index (χ2v) is 13.6. The summed E-state index contributed by atoms with van der Waals surface area (Å²) >= 11 is 9.28. The van der Waals surface area contributed by atoms with Crippen LogP contribution >= 0.6 is 34.2 Å². The maximum Gasteiger partial charge on any atom is 0.312 e. The topological polar surface area (TPSA) is 153 Å². The molecule has 5 rings (SSSR count). The number of esters is 5. The zero-order valence-corrected chi connectivity index (χ0v) is 27.2. The highest BCUT2D eigenvalue weighted by Crippen LogP contribution is 2.66. The zero-order valence-electron chi connectivity index (χ0n) is 24.3. The van der Waals surface area contributed by atoms with E-state index in [0.29, 0.717) is 4.43 Å². The van der Waals surface area contributed by atoms with E-state index in [-0.39, 0.29) is 25.9 Å². The number of carbonyl (C=O) groups is 5. The first kappa shape index (κ1) is 31.7. The average Bonchev–Trinajstić information content (AvgIpc) is 3.57. The third-order valence-electron chi connectivity index (χ3n) is 9.92. The first-order valence-electron chi connectivity index (χ1n) is 14.0. The molecule has 4 heterocycles. The summed E-state index contributed by atoms with van der Waals surface area (Å²) in [6.07, 6.45) is -4.56. The van der Waals surface area contributed by atoms with E-state index in [1.54, 1.807) is 13.8 Å². The van der Waals surface area contributed by atoms with Gasteiger partial charge in [0.1, 0.15) is 35.4 Å². The molecule has 234 valence electrons. The molecule has 4 aliphatic heterocycles. The van der Waals surface area contributed by atoms with Crippen molar-refractivity contribution in [2.24, 2.45) is 17.3 Å². The molecular formula is C28H36ClIO12. The summed E-state index contributed by atoms with van der Waals surface area (Å²) in [4.78, 5) is 63.6. The van der Waals surface area contributed by atoms with Crippen molar-refractivity contribution in [1.29, 1.82) is 0 Å². The lowest BCUT2D eigenvalue weighted by atomic mass is 9.52. The molecule has 0 N–H and O–H groups in total. The molecule has 0 aromatic carbocycles. The number of carbonyl (C=O) groups excluding carboxylic acids is 5. The number of ether oxygens (including phenoxy) is 7. The van der Waals surface area contributed by atoms with E-state index in [0.717, 1.165) is 0 Å². The molecule has 0 aromatic rings. The predicted molar refractivity (Wildman–Crippen MR) is 150 cm³/mol. The number of alkyl halides is 2. The van der Waals surface area contributed by atoms with E-state index in [1.807, 2.05) is 0 Å². The molecule has 0 unspecified atom stereocenters. The lowest BCUT2D eigenvalue weighted by Crippen LogP contribution is -2.71. The Bertz CT molecular complexity index is 1190. The fraction of sp³-hybridized carbons (Fsp3) is 0.821. The summed E-state index contributed by atoms with van der Waals surface area (Å²) in [5.74, 6) is -4.94. The molecular weight excluding hydrogens is 691 g/mol. The molecule has 1 aliphatic carbocycles. The smallest absolute Gasteiger partial charge is 0.312 e. The average molecular weight is 727 g/mol. The lowest BCUT2D eigenvalue weighted by molar-refractivity contribution is -0.258. The Balaban J connectivity index is 1.83. The molecule has 5 aliphatic rings. The molecule has 2 spiro atoms. The Hall–Kier alpha value is -1.71. The normalized spacial score (nSPS) is 47.1. The molecule has 14 heteroatoms. The van der Waals surface area contributed by atoms with Gasteiger partial charge >= 0.3 is 29.8 Å². The van der Waals surface area contributed by atoms with Crippen LogP contribution < -0.4 is 0 Å². The van der Waals surface area contributed by atoms with Crippen LogP contribution in [-0.4, -0.2) is 93.6 Å². The minimum Gasteiger partial charge on any atom is -0.462 e. The van der Waals surface area contributed by atoms with Gasteiger partial charge in [0, 0.05) is 44.5 Å². The zero-order chi connectivity index (χ0) is 31.0. The van der Waals surface area contributed by atoms with Gasteiger partial charge in [0.15, 0.2) is 11.7 Å². The van der Waals surface area contributed by atoms with E-state index in [1.165, 1.54) is 27.7 Å². The number of epoxide rings is 1. The first-order valence-corrected chi connectivity index (χ1v) is 16.0. The third-order valence-corrected chi connectivity index (χ3v) is 11.8. The summed E-state index contributed by atoms with van der Waals surface area (Å²) in [5, 5.41) is -0.836. The van der Waals surface area contributed by atoms with Crippen LogP contribution in [0.15, 0.2) is 0 Å². The predicted octanol–water partition coefficient (Wildman–Crippen LogP) is 2.41. The minimum absolute atomic E-state index is 0.0363. The van der Waals surface area contributed by atoms with Crippen molar-refractivity contribution in [3.63, 3.8) is 0 Å². The van der Waals surface area contributed by atoms with Crippen molar-refractivity contribution in [2.45, 2.75) is 114 Å². The Morgan fingerprint density at radius 3 is 2.02 bits per heavy atom. The Labute approximate surface area is 262 Å². The second kappa shape index (κ2) is 10.7. The fourth-order valence-corrected chi connectivity index (χ4v) is 9.85. The number of hydrogen-bond donors (Lipinski definition) is 0. The summed E-state index contributed by atoms with van der Waals surface area (Å²) in [7, 11) is 0. The van der Waals surface area contributed by atoms with Crippen LogP contribution in [-0.2, 0) is 57.1 Å². The molecule has 0 amide bonds. The van der Waals surface area contributed by atoms with Crippen molar-refractivity contribution < 1.29 is 57.1 Å². The van der Waals surface area contributed by atoms with E-state index in [4.69, 9.17) is 44.8 Å². The highest BCUT2D eigenvalue weighted by Gasteiger charge is 2.82. The molecule has 42 heavy (non-hydrogen) atoms. The molecule has 2 bridgehead atoms. The summed E-state index contributed by atoms with van der Waals surface area (Å²) in [5.41, 5.74) is -5.19. The van der Waals surface area contributed by atoms with E-state index >= 15 is 0 Å². The largest absolute Gasteiger partial charge is 0.462 e. The Morgan fingerprint density at radius 2 is 1.50 bits per heavy atom. The van der Waals surface area contributed by atoms with E-state index < -0.39 is 99.8 Å². The second-order valence-electron chi connectivity index (χ2n) is 12.3. The highest BCUT2D eigenvalue weighted by atomic mass is 127. The number of halogens is 2. The molecule has 5 fully saturated rings. The number of rotatable bonds is 5. The quantitative estimate of drug-likeness (QED) is 0.135. The maximum absolute atomic E-state index is 13.2. The fourth-order valence-electron chi connectivity index (χ4n) is 8.10. The van der Waals surface area contributed by atoms with Gasteiger partial charge in [-0.15, -0.1) is 11.6 Å². The van der Waals surface area contributed by atoms with Gasteiger partial charge in [0.05, 0.1) is 23.5 Å². The Kier molecular flexibility index (Phi) is 8.10. The van der Waals surface area contributed by atoms with Gasteiger partial charge in [-0.3, -0.25) is 24.0 Å². The molecule has 0 radical (unpaired) electrons. The van der Waals surface area contributed by atoms with Crippen LogP contribution in [0, 0.1) is 17.3 Å². The van der Waals surface area contributed by atoms with Gasteiger partial charge in [0.2, 0.25) is 0 Å². The van der Waals surface area contributed by atoms with Crippen LogP contribution in [0.4, 0.5) is 0 Å². The van der Waals surface area contributed by atoms with Crippen LogP contribution in [0.3, 0.4) is 0 Å². The third kappa shape index (κ3) is 4.54. The van der Waals surface area contributed by atoms with Crippen LogP contribution in [0.25, 0.3) is 0 Å². The minimum atomic E-state index is -1.59. The molecule has 0 aromatic heterocycles. The van der Waals surface area contributed by atoms with Gasteiger partial charge < -0.3 is 33.2 Å². The molecule has 1 saturated carbocycles. The van der Waals surface area contributed by atoms with Crippen LogP contribution in [0.2, 0.25) is 0 Å². The molecule has 12 nitrogen and oxygen atoms in total. The van der Waals surface area contributed by atoms with Crippen molar-refractivity contribution in [1.82, 2.24) is 0 Å². The Morgan fingerprint density at radius 1 is 0.952 bits per heavy atom. The van der Waals surface area contributed by atoms with Gasteiger partial charge in [-0.25, -0.2) is 0 Å². The standard InChI is InChI=1S/C28H36ClIO12/c1-12-24(35)41-23-21(29)26(10-30)8-7-17(37-13(2)31)25(6)18(38-14(3)32)9-19(39-15(4)33)27(11-36-27)20(25)22(40-16(5)34)28(12,23)42-26/h12,17-23H,7-11H2,1-6H3/t12-,17-,18-,19+,20+,21+,22-,23-,25-,26+,27+,28+/m1/s1. The van der Waals surface area contributed by atoms with Crippen molar-refractivity contribution in [3.8, 4) is 0 Å². The number of hydrogen-bond acceptors (Lipinski definition) is 12. The van der Waals surface area contributed by atoms with Crippen LogP contribution in [0.1, 0.15) is 60.8 Å². The van der Waals surface area contributed by atoms with Gasteiger partial charge in [-0.1, -0.05) is 29.5 Å². The molecule has 12 atom stereocenters. The van der Waals surface area contributed by atoms with Crippen LogP contribution in [0.5, 0.6) is 0 Å². The maximum atomic E-state index is 13.2. The summed E-state index contributed by atoms with van der Waals surface area (Å²) < 4.78 is 43.3. The summed E-state index contributed by atoms with van der Waals surface area (Å²) in [6, 6.07) is 0. The monoisotopic (exact) mass is 726 g/mol. The van der Waals surface area contributed by atoms with Gasteiger partial charge in [-0.2, -0.15) is 0 Å². The van der Waals surface area contributed by atoms with E-state index in [2.05, 4.69) is 22.6 Å². The lowest BCUT2D eigenvalue weighted by Gasteiger charge is -2.57. The van der Waals surface area contributed by atoms with Crippen molar-refractivity contribution in [3.05, 3.63) is 0 Å². The van der Waals surface area contributed by atoms with Gasteiger partial charge in [0.25, 0.3) is 0 Å². The van der Waals surface area contributed by atoms with E-state index in [9.17, 15) is 24.0 Å². The van der Waals surface area contributed by atoms with Gasteiger partial charge in [-0.05, 0) is 19.8 Å². The van der Waals surface area contributed by atoms with Crippen molar-refractivity contribution >= 4 is 64.0 Å². The number of fused-ring (bicyclic) bond motifs is 3. The molecule has 4 saturated heterocycles. The SMILES string of the molecule is CC(=O)O[C@H]1C[C@@H](OC(C)=O)[C@]2(C)[C@H]([C@@H](OC(C)=O)[C@]34O[C@](CI)(CC[C@H]2OC(C)=O)[C@@H](Cl)[C@H]3OC(=O)[C@H]4C)[C@]12CO2.